The Hall–Kier alpha value is 0.520. The van der Waals surface area contributed by atoms with E-state index in [0.717, 1.165) is 0 Å². The maximum atomic E-state index is 9.05. The van der Waals surface area contributed by atoms with Crippen LogP contribution in [0.15, 0.2) is 0 Å². The van der Waals surface area contributed by atoms with Crippen molar-refractivity contribution in [3.05, 3.63) is 0 Å². The minimum atomic E-state index is -0.713. The van der Waals surface area contributed by atoms with Gasteiger partial charge in [0.25, 0.3) is 0 Å². The Balaban J connectivity index is 0. The van der Waals surface area contributed by atoms with E-state index in [1.54, 1.807) is 20.8 Å². The van der Waals surface area contributed by atoms with Crippen molar-refractivity contribution in [2.45, 2.75) is 37.1 Å². The SMILES string of the molecule is CC(O)[S+](C(C)O)C(C)O.[Cl-]. The van der Waals surface area contributed by atoms with Crippen molar-refractivity contribution in [3.63, 3.8) is 0 Å². The van der Waals surface area contributed by atoms with Crippen molar-refractivity contribution in [2.24, 2.45) is 0 Å². The van der Waals surface area contributed by atoms with Crippen LogP contribution in [0.1, 0.15) is 20.8 Å². The Kier molecular flexibility index (Phi) is 7.78. The van der Waals surface area contributed by atoms with Crippen LogP contribution in [0.2, 0.25) is 0 Å². The van der Waals surface area contributed by atoms with Gasteiger partial charge in [-0.15, -0.1) is 0 Å². The van der Waals surface area contributed by atoms with Gasteiger partial charge >= 0.3 is 0 Å². The molecule has 0 rings (SSSR count). The monoisotopic (exact) mass is 202 g/mol. The predicted molar refractivity (Wildman–Crippen MR) is 42.4 cm³/mol. The summed E-state index contributed by atoms with van der Waals surface area (Å²) in [7, 11) is -0.713. The van der Waals surface area contributed by atoms with E-state index in [4.69, 9.17) is 15.3 Å². The molecule has 5 heteroatoms. The first kappa shape index (κ1) is 14.1. The zero-order valence-corrected chi connectivity index (χ0v) is 8.43. The zero-order chi connectivity index (χ0) is 8.31. The summed E-state index contributed by atoms with van der Waals surface area (Å²) in [6.07, 6.45) is 0. The summed E-state index contributed by atoms with van der Waals surface area (Å²) in [5.41, 5.74) is -1.92. The van der Waals surface area contributed by atoms with Gasteiger partial charge in [-0.05, 0) is 0 Å². The van der Waals surface area contributed by atoms with Gasteiger partial charge in [0.1, 0.15) is 0 Å². The van der Waals surface area contributed by atoms with Crippen LogP contribution in [0.4, 0.5) is 0 Å². The van der Waals surface area contributed by atoms with Crippen LogP contribution < -0.4 is 12.4 Å². The summed E-state index contributed by atoms with van der Waals surface area (Å²) in [5.74, 6) is 0. The van der Waals surface area contributed by atoms with E-state index >= 15 is 0 Å². The smallest absolute Gasteiger partial charge is 0.218 e. The molecule has 3 N–H and O–H groups in total. The molecule has 0 aromatic heterocycles. The Labute approximate surface area is 76.2 Å². The molecule has 0 aliphatic heterocycles. The summed E-state index contributed by atoms with van der Waals surface area (Å²) in [6, 6.07) is 0. The van der Waals surface area contributed by atoms with Crippen molar-refractivity contribution in [1.82, 2.24) is 0 Å². The molecule has 0 saturated heterocycles. The van der Waals surface area contributed by atoms with Gasteiger partial charge in [0.2, 0.25) is 16.3 Å². The summed E-state index contributed by atoms with van der Waals surface area (Å²) in [5, 5.41) is 27.1. The average molecular weight is 203 g/mol. The van der Waals surface area contributed by atoms with Crippen molar-refractivity contribution in [1.29, 1.82) is 0 Å². The lowest BCUT2D eigenvalue weighted by Crippen LogP contribution is -3.00. The molecule has 0 aromatic carbocycles. The number of aliphatic hydroxyl groups excluding tert-OH is 3. The van der Waals surface area contributed by atoms with Crippen LogP contribution in [0.25, 0.3) is 0 Å². The molecule has 0 amide bonds. The number of hydrogen-bond acceptors (Lipinski definition) is 3. The fourth-order valence-corrected chi connectivity index (χ4v) is 2.57. The fourth-order valence-electron chi connectivity index (χ4n) is 0.855. The Morgan fingerprint density at radius 2 is 1.00 bits per heavy atom. The summed E-state index contributed by atoms with van der Waals surface area (Å²) in [4.78, 5) is 0. The van der Waals surface area contributed by atoms with E-state index in [9.17, 15) is 0 Å². The van der Waals surface area contributed by atoms with Crippen LogP contribution in [0.5, 0.6) is 0 Å². The van der Waals surface area contributed by atoms with Crippen molar-refractivity contribution in [2.75, 3.05) is 0 Å². The second kappa shape index (κ2) is 6.08. The fraction of sp³-hybridized carbons (Fsp3) is 1.00. The predicted octanol–water partition coefficient (Wildman–Crippen LogP) is -3.38. The number of aliphatic hydroxyl groups is 3. The normalized spacial score (nSPS) is 21.3. The van der Waals surface area contributed by atoms with Gasteiger partial charge < -0.3 is 27.7 Å². The van der Waals surface area contributed by atoms with Crippen LogP contribution in [0.3, 0.4) is 0 Å². The first-order valence-corrected chi connectivity index (χ1v) is 4.63. The van der Waals surface area contributed by atoms with Crippen LogP contribution in [-0.4, -0.2) is 31.6 Å². The zero-order valence-electron chi connectivity index (χ0n) is 6.86. The maximum Gasteiger partial charge on any atom is 0.218 e. The number of halogens is 1. The minimum absolute atomic E-state index is 0. The molecule has 70 valence electrons. The van der Waals surface area contributed by atoms with Gasteiger partial charge in [0.05, 0.1) is 10.9 Å². The Bertz CT molecular complexity index is 78.8. The molecule has 0 spiro atoms. The number of rotatable bonds is 3. The standard InChI is InChI=1S/C6H15O3S.ClH/c1-4(7)10(5(2)8)6(3)9;/h4-9H,1-3H3;1H/q+1;/p-1. The molecule has 0 aliphatic rings. The van der Waals surface area contributed by atoms with Gasteiger partial charge in [-0.1, -0.05) is 0 Å². The molecule has 3 nitrogen and oxygen atoms in total. The molecule has 0 fully saturated rings. The molecule has 0 aliphatic carbocycles. The topological polar surface area (TPSA) is 60.7 Å². The first-order chi connectivity index (χ1) is 4.46. The van der Waals surface area contributed by atoms with E-state index < -0.39 is 27.2 Å². The average Bonchev–Trinajstić information content (AvgIpc) is 1.59. The van der Waals surface area contributed by atoms with Crippen molar-refractivity contribution in [3.8, 4) is 0 Å². The molecule has 0 heterocycles. The van der Waals surface area contributed by atoms with Crippen molar-refractivity contribution >= 4 is 10.9 Å². The highest BCUT2D eigenvalue weighted by atomic mass is 35.5. The summed E-state index contributed by atoms with van der Waals surface area (Å²) < 4.78 is 0. The maximum absolute atomic E-state index is 9.05. The first-order valence-electron chi connectivity index (χ1n) is 3.21. The third kappa shape index (κ3) is 4.87. The van der Waals surface area contributed by atoms with Gasteiger partial charge in [-0.2, -0.15) is 0 Å². The highest BCUT2D eigenvalue weighted by Crippen LogP contribution is 2.13. The largest absolute Gasteiger partial charge is 1.00 e. The van der Waals surface area contributed by atoms with Gasteiger partial charge in [-0.3, -0.25) is 0 Å². The third-order valence-electron chi connectivity index (χ3n) is 1.18. The molecule has 0 aromatic rings. The lowest BCUT2D eigenvalue weighted by atomic mass is 10.8. The Morgan fingerprint density at radius 3 is 1.00 bits per heavy atom. The lowest BCUT2D eigenvalue weighted by molar-refractivity contribution is -0.00000729. The molecule has 3 unspecified atom stereocenters. The molecule has 0 bridgehead atoms. The van der Waals surface area contributed by atoms with E-state index in [1.165, 1.54) is 0 Å². The van der Waals surface area contributed by atoms with E-state index in [2.05, 4.69) is 0 Å². The molecule has 3 atom stereocenters. The van der Waals surface area contributed by atoms with Crippen LogP contribution >= 0.6 is 0 Å². The summed E-state index contributed by atoms with van der Waals surface area (Å²) >= 11 is 0. The second-order valence-electron chi connectivity index (χ2n) is 2.21. The number of hydrogen-bond donors (Lipinski definition) is 3. The third-order valence-corrected chi connectivity index (χ3v) is 3.54. The quantitative estimate of drug-likeness (QED) is 0.419. The molecule has 0 saturated carbocycles. The van der Waals surface area contributed by atoms with Crippen LogP contribution in [0, 0.1) is 0 Å². The Morgan fingerprint density at radius 1 is 0.818 bits per heavy atom. The van der Waals surface area contributed by atoms with E-state index in [1.807, 2.05) is 0 Å². The minimum Gasteiger partial charge on any atom is -1.00 e. The molecule has 0 radical (unpaired) electrons. The van der Waals surface area contributed by atoms with Crippen LogP contribution in [-0.2, 0) is 10.9 Å². The second-order valence-corrected chi connectivity index (χ2v) is 5.07. The molecule has 11 heavy (non-hydrogen) atoms. The van der Waals surface area contributed by atoms with Gasteiger partial charge in [0, 0.05) is 20.8 Å². The lowest BCUT2D eigenvalue weighted by Gasteiger charge is -2.15. The van der Waals surface area contributed by atoms with Gasteiger partial charge in [-0.25, -0.2) is 0 Å². The summed E-state index contributed by atoms with van der Waals surface area (Å²) in [6.45, 7) is 4.72. The highest BCUT2D eigenvalue weighted by molar-refractivity contribution is 7.98. The highest BCUT2D eigenvalue weighted by Gasteiger charge is 2.35. The van der Waals surface area contributed by atoms with Gasteiger partial charge in [0.15, 0.2) is 0 Å². The molecular weight excluding hydrogens is 188 g/mol. The van der Waals surface area contributed by atoms with E-state index in [-0.39, 0.29) is 12.4 Å². The van der Waals surface area contributed by atoms with E-state index in [0.29, 0.717) is 0 Å². The van der Waals surface area contributed by atoms with Crippen molar-refractivity contribution < 1.29 is 27.7 Å². The molecular formula is C6H15ClO3S.